The largest absolute Gasteiger partial charge is 0.452 e. The van der Waals surface area contributed by atoms with Gasteiger partial charge in [-0.2, -0.15) is 0 Å². The van der Waals surface area contributed by atoms with Gasteiger partial charge in [0.05, 0.1) is 10.5 Å². The Bertz CT molecular complexity index is 698. The number of hydrogen-bond acceptors (Lipinski definition) is 5. The molecular weight excluding hydrogens is 318 g/mol. The molecule has 0 saturated carbocycles. The molecule has 0 radical (unpaired) electrons. The summed E-state index contributed by atoms with van der Waals surface area (Å²) < 4.78 is 28.0. The van der Waals surface area contributed by atoms with E-state index in [9.17, 15) is 18.0 Å². The van der Waals surface area contributed by atoms with E-state index < -0.39 is 15.8 Å². The van der Waals surface area contributed by atoms with Crippen LogP contribution in [0.4, 0.5) is 0 Å². The standard InChI is InChI=1S/C16H21NO5S/c1-12-5-4-8-17(10-12)15(18)11-22-16(19)13-6-3-7-14(9-13)23(2,20)21/h3,6-7,9,12H,4-5,8,10-11H2,1-2H3. The van der Waals surface area contributed by atoms with Crippen LogP contribution < -0.4 is 0 Å². The molecule has 0 aromatic heterocycles. The molecule has 1 unspecified atom stereocenters. The number of sulfone groups is 1. The zero-order valence-electron chi connectivity index (χ0n) is 13.3. The molecule has 6 nitrogen and oxygen atoms in total. The van der Waals surface area contributed by atoms with E-state index in [2.05, 4.69) is 6.92 Å². The fourth-order valence-corrected chi connectivity index (χ4v) is 3.24. The van der Waals surface area contributed by atoms with Crippen LogP contribution in [0.1, 0.15) is 30.1 Å². The predicted molar refractivity (Wildman–Crippen MR) is 84.8 cm³/mol. The molecule has 0 spiro atoms. The molecule has 0 bridgehead atoms. The van der Waals surface area contributed by atoms with E-state index in [1.54, 1.807) is 4.90 Å². The lowest BCUT2D eigenvalue weighted by Gasteiger charge is -2.30. The Morgan fingerprint density at radius 2 is 2.09 bits per heavy atom. The summed E-state index contributed by atoms with van der Waals surface area (Å²) in [4.78, 5) is 25.8. The number of hydrogen-bond donors (Lipinski definition) is 0. The number of carbonyl (C=O) groups excluding carboxylic acids is 2. The third-order valence-corrected chi connectivity index (χ3v) is 4.94. The number of nitrogens with zero attached hydrogens (tertiary/aromatic N) is 1. The second-order valence-electron chi connectivity index (χ2n) is 5.96. The maximum atomic E-state index is 12.1. The van der Waals surface area contributed by atoms with E-state index in [0.29, 0.717) is 19.0 Å². The summed E-state index contributed by atoms with van der Waals surface area (Å²) in [7, 11) is -3.40. The van der Waals surface area contributed by atoms with Gasteiger partial charge in [-0.05, 0) is 37.0 Å². The van der Waals surface area contributed by atoms with E-state index in [1.165, 1.54) is 24.3 Å². The van der Waals surface area contributed by atoms with Crippen molar-refractivity contribution in [2.24, 2.45) is 5.92 Å². The number of piperidine rings is 1. The highest BCUT2D eigenvalue weighted by Crippen LogP contribution is 2.16. The van der Waals surface area contributed by atoms with Crippen molar-refractivity contribution in [2.75, 3.05) is 26.0 Å². The molecule has 0 aliphatic carbocycles. The zero-order valence-corrected chi connectivity index (χ0v) is 14.1. The summed E-state index contributed by atoms with van der Waals surface area (Å²) >= 11 is 0. The van der Waals surface area contributed by atoms with Crippen LogP contribution in [0.25, 0.3) is 0 Å². The van der Waals surface area contributed by atoms with Crippen molar-refractivity contribution in [3.8, 4) is 0 Å². The first kappa shape index (κ1) is 17.5. The molecule has 0 N–H and O–H groups in total. The van der Waals surface area contributed by atoms with Crippen LogP contribution in [-0.2, 0) is 19.4 Å². The summed E-state index contributed by atoms with van der Waals surface area (Å²) in [6.07, 6.45) is 3.12. The SMILES string of the molecule is CC1CCCN(C(=O)COC(=O)c2cccc(S(C)(=O)=O)c2)C1. The third-order valence-electron chi connectivity index (χ3n) is 3.83. The molecular formula is C16H21NO5S. The Morgan fingerprint density at radius 1 is 1.35 bits per heavy atom. The van der Waals surface area contributed by atoms with Crippen LogP contribution in [0, 0.1) is 5.92 Å². The molecule has 1 amide bonds. The van der Waals surface area contributed by atoms with Crippen molar-refractivity contribution in [1.82, 2.24) is 4.90 Å². The highest BCUT2D eigenvalue weighted by molar-refractivity contribution is 7.90. The average molecular weight is 339 g/mol. The normalized spacial score (nSPS) is 18.5. The molecule has 23 heavy (non-hydrogen) atoms. The topological polar surface area (TPSA) is 80.8 Å². The number of ether oxygens (including phenoxy) is 1. The lowest BCUT2D eigenvalue weighted by atomic mass is 10.0. The van der Waals surface area contributed by atoms with Crippen LogP contribution in [0.3, 0.4) is 0 Å². The predicted octanol–water partition coefficient (Wildman–Crippen LogP) is 1.51. The van der Waals surface area contributed by atoms with Crippen molar-refractivity contribution in [1.29, 1.82) is 0 Å². The highest BCUT2D eigenvalue weighted by atomic mass is 32.2. The van der Waals surface area contributed by atoms with E-state index in [0.717, 1.165) is 19.1 Å². The van der Waals surface area contributed by atoms with Gasteiger partial charge in [0.15, 0.2) is 16.4 Å². The Balaban J connectivity index is 1.96. The Labute approximate surface area is 136 Å². The Kier molecular flexibility index (Phi) is 5.41. The van der Waals surface area contributed by atoms with E-state index >= 15 is 0 Å². The van der Waals surface area contributed by atoms with Gasteiger partial charge in [0, 0.05) is 19.3 Å². The molecule has 2 rings (SSSR count). The van der Waals surface area contributed by atoms with Gasteiger partial charge in [0.2, 0.25) is 0 Å². The van der Waals surface area contributed by atoms with Crippen molar-refractivity contribution >= 4 is 21.7 Å². The minimum atomic E-state index is -3.40. The molecule has 1 aromatic carbocycles. The second kappa shape index (κ2) is 7.12. The van der Waals surface area contributed by atoms with E-state index in [1.807, 2.05) is 0 Å². The summed E-state index contributed by atoms with van der Waals surface area (Å²) in [5.74, 6) is -0.465. The van der Waals surface area contributed by atoms with Crippen molar-refractivity contribution < 1.29 is 22.7 Å². The van der Waals surface area contributed by atoms with Crippen LogP contribution >= 0.6 is 0 Å². The molecule has 126 valence electrons. The molecule has 1 saturated heterocycles. The quantitative estimate of drug-likeness (QED) is 0.777. The van der Waals surface area contributed by atoms with Gasteiger partial charge in [-0.25, -0.2) is 13.2 Å². The first-order valence-corrected chi connectivity index (χ1v) is 9.41. The van der Waals surface area contributed by atoms with Crippen LogP contribution in [0.15, 0.2) is 29.2 Å². The van der Waals surface area contributed by atoms with Gasteiger partial charge in [-0.15, -0.1) is 0 Å². The minimum absolute atomic E-state index is 0.0446. The van der Waals surface area contributed by atoms with Gasteiger partial charge in [0.25, 0.3) is 5.91 Å². The summed E-state index contributed by atoms with van der Waals surface area (Å²) in [5, 5.41) is 0. The maximum absolute atomic E-state index is 12.1. The smallest absolute Gasteiger partial charge is 0.338 e. The summed E-state index contributed by atoms with van der Waals surface area (Å²) in [6.45, 7) is 3.13. The van der Waals surface area contributed by atoms with Crippen molar-refractivity contribution in [2.45, 2.75) is 24.7 Å². The first-order valence-electron chi connectivity index (χ1n) is 7.52. The molecule has 7 heteroatoms. The highest BCUT2D eigenvalue weighted by Gasteiger charge is 2.22. The fraction of sp³-hybridized carbons (Fsp3) is 0.500. The fourth-order valence-electron chi connectivity index (χ4n) is 2.57. The molecule has 1 aliphatic heterocycles. The van der Waals surface area contributed by atoms with Gasteiger partial charge in [-0.3, -0.25) is 4.79 Å². The van der Waals surface area contributed by atoms with Gasteiger partial charge < -0.3 is 9.64 Å². The maximum Gasteiger partial charge on any atom is 0.338 e. The number of amides is 1. The summed E-state index contributed by atoms with van der Waals surface area (Å²) in [6, 6.07) is 5.60. The zero-order chi connectivity index (χ0) is 17.0. The molecule has 1 atom stereocenters. The second-order valence-corrected chi connectivity index (χ2v) is 7.98. The first-order chi connectivity index (χ1) is 10.8. The number of rotatable bonds is 4. The Hall–Kier alpha value is -1.89. The minimum Gasteiger partial charge on any atom is -0.452 e. The number of likely N-dealkylation sites (tertiary alicyclic amines) is 1. The monoisotopic (exact) mass is 339 g/mol. The van der Waals surface area contributed by atoms with Gasteiger partial charge in [0.1, 0.15) is 0 Å². The Morgan fingerprint density at radius 3 is 2.74 bits per heavy atom. The lowest BCUT2D eigenvalue weighted by molar-refractivity contribution is -0.136. The van der Waals surface area contributed by atoms with Crippen molar-refractivity contribution in [3.05, 3.63) is 29.8 Å². The number of benzene rings is 1. The van der Waals surface area contributed by atoms with Crippen molar-refractivity contribution in [3.63, 3.8) is 0 Å². The lowest BCUT2D eigenvalue weighted by Crippen LogP contribution is -2.41. The molecule has 1 aromatic rings. The van der Waals surface area contributed by atoms with Gasteiger partial charge >= 0.3 is 5.97 Å². The third kappa shape index (κ3) is 4.79. The summed E-state index contributed by atoms with van der Waals surface area (Å²) in [5.41, 5.74) is 0.118. The van der Waals surface area contributed by atoms with Gasteiger partial charge in [-0.1, -0.05) is 13.0 Å². The van der Waals surface area contributed by atoms with Crippen LogP contribution in [0.2, 0.25) is 0 Å². The molecule has 1 aliphatic rings. The molecule has 1 fully saturated rings. The van der Waals surface area contributed by atoms with E-state index in [-0.39, 0.29) is 23.0 Å². The number of carbonyl (C=O) groups is 2. The van der Waals surface area contributed by atoms with Crippen LogP contribution in [0.5, 0.6) is 0 Å². The molecule has 1 heterocycles. The van der Waals surface area contributed by atoms with E-state index in [4.69, 9.17) is 4.74 Å². The average Bonchev–Trinajstić information content (AvgIpc) is 2.51. The number of esters is 1. The van der Waals surface area contributed by atoms with Crippen LogP contribution in [-0.4, -0.2) is 51.1 Å².